The standard InChI is InChI=1S/C26H33NO7/c1-4-6-9-27-10-7-16-11-19-20(32-15-31-19)12-17(16)23-18(27)13-21(30-3)24(23)33-25(29)26(8-5-2)14-22(28)34-26/h11-13,18,23-24H,4-10,14-15H2,1-3H3/t18-,23-,24+,26+/m0/s1. The SMILES string of the molecule is CCCCN1CCc2cc3c(cc2[C@@H]2[C@H](OC(=O)[C@@]4(CCC)CC(=O)O4)C(OC)=C[C@@H]21)OCO3. The summed E-state index contributed by atoms with van der Waals surface area (Å²) in [5.74, 6) is 1.09. The van der Waals surface area contributed by atoms with Gasteiger partial charge in [0.1, 0.15) is 5.76 Å². The maximum atomic E-state index is 13.4. The van der Waals surface area contributed by atoms with Gasteiger partial charge in [-0.15, -0.1) is 0 Å². The number of fused-ring (bicyclic) bond motifs is 4. The number of esters is 2. The molecule has 1 fully saturated rings. The summed E-state index contributed by atoms with van der Waals surface area (Å²) in [7, 11) is 1.61. The van der Waals surface area contributed by atoms with Crippen molar-refractivity contribution in [1.82, 2.24) is 4.90 Å². The number of ether oxygens (including phenoxy) is 5. The molecule has 0 N–H and O–H groups in total. The Morgan fingerprint density at radius 3 is 2.65 bits per heavy atom. The monoisotopic (exact) mass is 471 g/mol. The molecule has 3 aliphatic heterocycles. The Morgan fingerprint density at radius 1 is 1.21 bits per heavy atom. The third-order valence-electron chi connectivity index (χ3n) is 7.43. The van der Waals surface area contributed by atoms with Gasteiger partial charge in [-0.3, -0.25) is 9.69 Å². The van der Waals surface area contributed by atoms with Gasteiger partial charge >= 0.3 is 11.9 Å². The van der Waals surface area contributed by atoms with Gasteiger partial charge in [0, 0.05) is 18.5 Å². The van der Waals surface area contributed by atoms with Crippen LogP contribution in [0, 0.1) is 0 Å². The molecule has 1 aromatic carbocycles. The van der Waals surface area contributed by atoms with Crippen molar-refractivity contribution in [3.8, 4) is 11.5 Å². The molecule has 0 bridgehead atoms. The number of benzene rings is 1. The largest absolute Gasteiger partial charge is 0.497 e. The minimum Gasteiger partial charge on any atom is -0.497 e. The second kappa shape index (κ2) is 9.13. The van der Waals surface area contributed by atoms with Crippen LogP contribution >= 0.6 is 0 Å². The number of rotatable bonds is 8. The molecule has 0 unspecified atom stereocenters. The molecule has 0 spiro atoms. The van der Waals surface area contributed by atoms with E-state index >= 15 is 0 Å². The highest BCUT2D eigenvalue weighted by atomic mass is 16.7. The van der Waals surface area contributed by atoms with Gasteiger partial charge in [-0.1, -0.05) is 26.7 Å². The van der Waals surface area contributed by atoms with Crippen molar-refractivity contribution in [2.24, 2.45) is 0 Å². The van der Waals surface area contributed by atoms with Crippen LogP contribution in [0.15, 0.2) is 24.0 Å². The molecule has 5 rings (SSSR count). The second-order valence-corrected chi connectivity index (χ2v) is 9.55. The number of carbonyl (C=O) groups excluding carboxylic acids is 2. The molecule has 1 aromatic rings. The van der Waals surface area contributed by atoms with Crippen molar-refractivity contribution in [2.45, 2.75) is 76.0 Å². The molecule has 4 aliphatic rings. The van der Waals surface area contributed by atoms with Crippen LogP contribution in [0.2, 0.25) is 0 Å². The summed E-state index contributed by atoms with van der Waals surface area (Å²) in [6, 6.07) is 4.12. The van der Waals surface area contributed by atoms with E-state index in [9.17, 15) is 9.59 Å². The van der Waals surface area contributed by atoms with Gasteiger partial charge in [0.25, 0.3) is 0 Å². The fraction of sp³-hybridized carbons (Fsp3) is 0.615. The molecule has 184 valence electrons. The lowest BCUT2D eigenvalue weighted by molar-refractivity contribution is -0.212. The van der Waals surface area contributed by atoms with Crippen molar-refractivity contribution in [3.63, 3.8) is 0 Å². The Kier molecular flexibility index (Phi) is 6.18. The molecule has 4 atom stereocenters. The summed E-state index contributed by atoms with van der Waals surface area (Å²) in [5.41, 5.74) is 1.07. The van der Waals surface area contributed by atoms with Gasteiger partial charge in [-0.2, -0.15) is 0 Å². The molecule has 0 radical (unpaired) electrons. The molecular weight excluding hydrogens is 438 g/mol. The van der Waals surface area contributed by atoms with Gasteiger partial charge < -0.3 is 23.7 Å². The minimum absolute atomic E-state index is 0.0204. The summed E-state index contributed by atoms with van der Waals surface area (Å²) >= 11 is 0. The fourth-order valence-corrected chi connectivity index (χ4v) is 5.70. The molecular formula is C26H33NO7. The van der Waals surface area contributed by atoms with Crippen LogP contribution in [0.1, 0.15) is 63.0 Å². The number of hydrogen-bond acceptors (Lipinski definition) is 8. The summed E-state index contributed by atoms with van der Waals surface area (Å²) in [5, 5.41) is 0. The normalized spacial score (nSPS) is 29.3. The van der Waals surface area contributed by atoms with Crippen LogP contribution in [0.3, 0.4) is 0 Å². The van der Waals surface area contributed by atoms with Crippen LogP contribution in [-0.2, 0) is 30.2 Å². The molecule has 1 saturated heterocycles. The molecule has 34 heavy (non-hydrogen) atoms. The van der Waals surface area contributed by atoms with Crippen LogP contribution in [0.4, 0.5) is 0 Å². The molecule has 1 aliphatic carbocycles. The van der Waals surface area contributed by atoms with Crippen LogP contribution in [0.5, 0.6) is 11.5 Å². The summed E-state index contributed by atoms with van der Waals surface area (Å²) in [6.07, 6.45) is 5.75. The molecule has 8 nitrogen and oxygen atoms in total. The van der Waals surface area contributed by atoms with E-state index in [4.69, 9.17) is 23.7 Å². The Labute approximate surface area is 200 Å². The van der Waals surface area contributed by atoms with Gasteiger partial charge in [0.2, 0.25) is 12.4 Å². The Balaban J connectivity index is 1.51. The first-order chi connectivity index (χ1) is 16.5. The van der Waals surface area contributed by atoms with Crippen molar-refractivity contribution in [2.75, 3.05) is 27.0 Å². The predicted molar refractivity (Wildman–Crippen MR) is 123 cm³/mol. The summed E-state index contributed by atoms with van der Waals surface area (Å²) in [6.45, 7) is 6.19. The quantitative estimate of drug-likeness (QED) is 0.533. The van der Waals surface area contributed by atoms with Gasteiger partial charge in [0.15, 0.2) is 17.6 Å². The molecule has 0 saturated carbocycles. The Hall–Kier alpha value is -2.74. The maximum Gasteiger partial charge on any atom is 0.351 e. The Morgan fingerprint density at radius 2 is 1.97 bits per heavy atom. The number of methoxy groups -OCH3 is 1. The predicted octanol–water partition coefficient (Wildman–Crippen LogP) is 3.47. The zero-order valence-electron chi connectivity index (χ0n) is 20.1. The maximum absolute atomic E-state index is 13.4. The van der Waals surface area contributed by atoms with Crippen molar-refractivity contribution in [3.05, 3.63) is 35.1 Å². The Bertz CT molecular complexity index is 995. The number of cyclic esters (lactones) is 1. The topological polar surface area (TPSA) is 83.5 Å². The zero-order chi connectivity index (χ0) is 23.9. The van der Waals surface area contributed by atoms with E-state index in [2.05, 4.69) is 24.0 Å². The number of carbonyl (C=O) groups is 2. The third-order valence-corrected chi connectivity index (χ3v) is 7.43. The summed E-state index contributed by atoms with van der Waals surface area (Å²) < 4.78 is 28.6. The van der Waals surface area contributed by atoms with E-state index in [0.29, 0.717) is 24.4 Å². The van der Waals surface area contributed by atoms with Crippen molar-refractivity contribution in [1.29, 1.82) is 0 Å². The van der Waals surface area contributed by atoms with E-state index in [1.54, 1.807) is 7.11 Å². The third kappa shape index (κ3) is 3.82. The summed E-state index contributed by atoms with van der Waals surface area (Å²) in [4.78, 5) is 27.5. The van der Waals surface area contributed by atoms with Crippen LogP contribution in [0.25, 0.3) is 0 Å². The molecule has 0 amide bonds. The first kappa shape index (κ1) is 23.0. The highest BCUT2D eigenvalue weighted by Gasteiger charge is 2.56. The first-order valence-corrected chi connectivity index (χ1v) is 12.3. The smallest absolute Gasteiger partial charge is 0.351 e. The van der Waals surface area contributed by atoms with E-state index in [1.165, 1.54) is 5.56 Å². The molecule has 0 aromatic heterocycles. The lowest BCUT2D eigenvalue weighted by Gasteiger charge is -2.39. The lowest BCUT2D eigenvalue weighted by Crippen LogP contribution is -2.55. The fourth-order valence-electron chi connectivity index (χ4n) is 5.70. The highest BCUT2D eigenvalue weighted by molar-refractivity contribution is 5.93. The first-order valence-electron chi connectivity index (χ1n) is 12.3. The average Bonchev–Trinajstić information content (AvgIpc) is 3.37. The van der Waals surface area contributed by atoms with Crippen LogP contribution < -0.4 is 9.47 Å². The number of nitrogens with zero attached hydrogens (tertiary/aromatic N) is 1. The highest BCUT2D eigenvalue weighted by Crippen LogP contribution is 2.47. The molecule has 3 heterocycles. The van der Waals surface area contributed by atoms with E-state index in [1.807, 2.05) is 13.0 Å². The van der Waals surface area contributed by atoms with E-state index < -0.39 is 17.7 Å². The lowest BCUT2D eigenvalue weighted by atomic mass is 9.86. The van der Waals surface area contributed by atoms with Gasteiger partial charge in [-0.05, 0) is 55.1 Å². The zero-order valence-corrected chi connectivity index (χ0v) is 20.1. The van der Waals surface area contributed by atoms with Crippen LogP contribution in [-0.4, -0.2) is 61.6 Å². The second-order valence-electron chi connectivity index (χ2n) is 9.55. The average molecular weight is 472 g/mol. The van der Waals surface area contributed by atoms with E-state index in [0.717, 1.165) is 43.7 Å². The van der Waals surface area contributed by atoms with Crippen molar-refractivity contribution < 1.29 is 33.3 Å². The van der Waals surface area contributed by atoms with Gasteiger partial charge in [0.05, 0.1) is 13.5 Å². The molecule has 8 heteroatoms. The number of hydrogen-bond donors (Lipinski definition) is 0. The van der Waals surface area contributed by atoms with Crippen molar-refractivity contribution >= 4 is 11.9 Å². The number of unbranched alkanes of at least 4 members (excludes halogenated alkanes) is 1. The minimum atomic E-state index is -1.19. The van der Waals surface area contributed by atoms with E-state index in [-0.39, 0.29) is 31.1 Å². The van der Waals surface area contributed by atoms with Gasteiger partial charge in [-0.25, -0.2) is 4.79 Å².